The van der Waals surface area contributed by atoms with Gasteiger partial charge in [-0.1, -0.05) is 31.0 Å². The molecular formula is C20H26N2O3. The third kappa shape index (κ3) is 2.90. The Morgan fingerprint density at radius 2 is 1.76 bits per heavy atom. The van der Waals surface area contributed by atoms with Crippen LogP contribution in [-0.2, 0) is 10.2 Å². The summed E-state index contributed by atoms with van der Waals surface area (Å²) in [5, 5.41) is 12.3. The molecule has 1 heterocycles. The summed E-state index contributed by atoms with van der Waals surface area (Å²) in [6.45, 7) is 0.780. The molecular weight excluding hydrogens is 316 g/mol. The lowest BCUT2D eigenvalue weighted by atomic mass is 9.81. The molecule has 2 saturated carbocycles. The number of para-hydroxylation sites is 1. The van der Waals surface area contributed by atoms with Gasteiger partial charge >= 0.3 is 12.0 Å². The SMILES string of the molecule is O=C(O)C1CCC(NC(=O)N2CC3(CCCC3)c3ccccc32)CC1. The molecule has 0 aromatic heterocycles. The van der Waals surface area contributed by atoms with Crippen LogP contribution in [0.4, 0.5) is 10.5 Å². The molecule has 0 saturated heterocycles. The molecule has 0 radical (unpaired) electrons. The van der Waals surface area contributed by atoms with Crippen molar-refractivity contribution >= 4 is 17.7 Å². The Morgan fingerprint density at radius 1 is 1.08 bits per heavy atom. The molecule has 1 aromatic carbocycles. The van der Waals surface area contributed by atoms with E-state index in [1.54, 1.807) is 0 Å². The van der Waals surface area contributed by atoms with Crippen LogP contribution in [0.15, 0.2) is 24.3 Å². The van der Waals surface area contributed by atoms with Crippen LogP contribution in [0.1, 0.15) is 56.9 Å². The van der Waals surface area contributed by atoms with Crippen molar-refractivity contribution in [2.75, 3.05) is 11.4 Å². The predicted molar refractivity (Wildman–Crippen MR) is 95.8 cm³/mol. The van der Waals surface area contributed by atoms with Gasteiger partial charge in [0.15, 0.2) is 0 Å². The number of carboxylic acids is 1. The summed E-state index contributed by atoms with van der Waals surface area (Å²) in [5.74, 6) is -0.955. The Kier molecular flexibility index (Phi) is 4.18. The highest BCUT2D eigenvalue weighted by Crippen LogP contribution is 2.50. The minimum atomic E-state index is -0.707. The van der Waals surface area contributed by atoms with Gasteiger partial charge < -0.3 is 10.4 Å². The summed E-state index contributed by atoms with van der Waals surface area (Å²) >= 11 is 0. The fourth-order valence-corrected chi connectivity index (χ4v) is 5.03. The van der Waals surface area contributed by atoms with Gasteiger partial charge in [-0.25, -0.2) is 4.79 Å². The third-order valence-electron chi connectivity index (χ3n) is 6.44. The number of rotatable bonds is 2. The first-order valence-corrected chi connectivity index (χ1v) is 9.49. The maximum Gasteiger partial charge on any atom is 0.322 e. The number of carbonyl (C=O) groups is 2. The number of carbonyl (C=O) groups excluding carboxylic acids is 1. The van der Waals surface area contributed by atoms with Crippen LogP contribution in [0.3, 0.4) is 0 Å². The number of fused-ring (bicyclic) bond motifs is 2. The molecule has 5 nitrogen and oxygen atoms in total. The number of benzene rings is 1. The Labute approximate surface area is 148 Å². The number of nitrogens with one attached hydrogen (secondary N) is 1. The van der Waals surface area contributed by atoms with Crippen molar-refractivity contribution in [2.24, 2.45) is 5.92 Å². The number of aliphatic carboxylic acids is 1. The first-order chi connectivity index (χ1) is 12.1. The highest BCUT2D eigenvalue weighted by atomic mass is 16.4. The number of hydrogen-bond acceptors (Lipinski definition) is 2. The van der Waals surface area contributed by atoms with Gasteiger partial charge in [0.05, 0.1) is 5.92 Å². The molecule has 0 atom stereocenters. The Hall–Kier alpha value is -2.04. The number of hydrogen-bond donors (Lipinski definition) is 2. The first-order valence-electron chi connectivity index (χ1n) is 9.49. The van der Waals surface area contributed by atoms with Gasteiger partial charge in [0.2, 0.25) is 0 Å². The normalized spacial score (nSPS) is 27.3. The van der Waals surface area contributed by atoms with E-state index in [4.69, 9.17) is 5.11 Å². The molecule has 5 heteroatoms. The van der Waals surface area contributed by atoms with Gasteiger partial charge in [0.1, 0.15) is 0 Å². The third-order valence-corrected chi connectivity index (χ3v) is 6.44. The van der Waals surface area contributed by atoms with E-state index in [2.05, 4.69) is 23.5 Å². The molecule has 2 N–H and O–H groups in total. The zero-order chi connectivity index (χ0) is 17.4. The van der Waals surface area contributed by atoms with E-state index in [0.29, 0.717) is 12.8 Å². The van der Waals surface area contributed by atoms with Crippen LogP contribution < -0.4 is 10.2 Å². The maximum atomic E-state index is 12.9. The molecule has 1 spiro atoms. The zero-order valence-electron chi connectivity index (χ0n) is 14.5. The van der Waals surface area contributed by atoms with E-state index < -0.39 is 5.97 Å². The van der Waals surface area contributed by atoms with E-state index in [-0.39, 0.29) is 23.4 Å². The smallest absolute Gasteiger partial charge is 0.322 e. The highest BCUT2D eigenvalue weighted by Gasteiger charge is 2.46. The Balaban J connectivity index is 1.46. The average molecular weight is 342 g/mol. The topological polar surface area (TPSA) is 69.6 Å². The maximum absolute atomic E-state index is 12.9. The lowest BCUT2D eigenvalue weighted by Gasteiger charge is -2.30. The number of nitrogens with zero attached hydrogens (tertiary/aromatic N) is 1. The predicted octanol–water partition coefficient (Wildman–Crippen LogP) is 3.67. The highest BCUT2D eigenvalue weighted by molar-refractivity contribution is 5.95. The van der Waals surface area contributed by atoms with E-state index in [1.807, 2.05) is 11.0 Å². The molecule has 1 aromatic rings. The standard InChI is InChI=1S/C20H26N2O3/c23-18(24)14-7-9-15(10-8-14)21-19(25)22-13-20(11-3-4-12-20)16-5-1-2-6-17(16)22/h1-2,5-6,14-15H,3-4,7-13H2,(H,21,25)(H,23,24). The molecule has 134 valence electrons. The second kappa shape index (κ2) is 6.36. The van der Waals surface area contributed by atoms with Crippen molar-refractivity contribution in [3.05, 3.63) is 29.8 Å². The molecule has 2 fully saturated rings. The van der Waals surface area contributed by atoms with Crippen molar-refractivity contribution in [3.8, 4) is 0 Å². The lowest BCUT2D eigenvalue weighted by molar-refractivity contribution is -0.142. The van der Waals surface area contributed by atoms with Crippen LogP contribution in [0.25, 0.3) is 0 Å². The Bertz CT molecular complexity index is 673. The van der Waals surface area contributed by atoms with Gasteiger partial charge in [-0.15, -0.1) is 0 Å². The minimum Gasteiger partial charge on any atom is -0.481 e. The van der Waals surface area contributed by atoms with Crippen LogP contribution in [0.5, 0.6) is 0 Å². The second-order valence-corrected chi connectivity index (χ2v) is 7.93. The van der Waals surface area contributed by atoms with Crippen LogP contribution in [0.2, 0.25) is 0 Å². The van der Waals surface area contributed by atoms with E-state index in [0.717, 1.165) is 37.9 Å². The van der Waals surface area contributed by atoms with Gasteiger partial charge in [-0.2, -0.15) is 0 Å². The van der Waals surface area contributed by atoms with Gasteiger partial charge in [-0.05, 0) is 50.2 Å². The Morgan fingerprint density at radius 3 is 2.44 bits per heavy atom. The van der Waals surface area contributed by atoms with Crippen molar-refractivity contribution in [1.82, 2.24) is 5.32 Å². The summed E-state index contributed by atoms with van der Waals surface area (Å²) in [6, 6.07) is 8.40. The first kappa shape index (κ1) is 16.4. The fraction of sp³-hybridized carbons (Fsp3) is 0.600. The van der Waals surface area contributed by atoms with E-state index in [9.17, 15) is 9.59 Å². The van der Waals surface area contributed by atoms with Crippen molar-refractivity contribution < 1.29 is 14.7 Å². The van der Waals surface area contributed by atoms with Crippen LogP contribution in [-0.4, -0.2) is 29.7 Å². The minimum absolute atomic E-state index is 0.0185. The number of urea groups is 1. The molecule has 1 aliphatic heterocycles. The van der Waals surface area contributed by atoms with Gasteiger partial charge in [0, 0.05) is 23.7 Å². The zero-order valence-corrected chi connectivity index (χ0v) is 14.5. The molecule has 3 aliphatic rings. The number of carboxylic acid groups (broad SMARTS) is 1. The second-order valence-electron chi connectivity index (χ2n) is 7.93. The molecule has 25 heavy (non-hydrogen) atoms. The molecule has 0 bridgehead atoms. The number of anilines is 1. The largest absolute Gasteiger partial charge is 0.481 e. The van der Waals surface area contributed by atoms with Crippen LogP contribution >= 0.6 is 0 Å². The summed E-state index contributed by atoms with van der Waals surface area (Å²) < 4.78 is 0. The summed E-state index contributed by atoms with van der Waals surface area (Å²) in [4.78, 5) is 25.9. The lowest BCUT2D eigenvalue weighted by Crippen LogP contribution is -2.47. The number of amides is 2. The monoisotopic (exact) mass is 342 g/mol. The van der Waals surface area contributed by atoms with Crippen LogP contribution in [0, 0.1) is 5.92 Å². The quantitative estimate of drug-likeness (QED) is 0.861. The molecule has 2 amide bonds. The average Bonchev–Trinajstić information content (AvgIpc) is 3.22. The fourth-order valence-electron chi connectivity index (χ4n) is 5.03. The van der Waals surface area contributed by atoms with Gasteiger partial charge in [-0.3, -0.25) is 9.69 Å². The van der Waals surface area contributed by atoms with Crippen molar-refractivity contribution in [3.63, 3.8) is 0 Å². The summed E-state index contributed by atoms with van der Waals surface area (Å²) in [5.41, 5.74) is 2.54. The van der Waals surface area contributed by atoms with E-state index >= 15 is 0 Å². The van der Waals surface area contributed by atoms with Gasteiger partial charge in [0.25, 0.3) is 0 Å². The molecule has 0 unspecified atom stereocenters. The van der Waals surface area contributed by atoms with E-state index in [1.165, 1.54) is 18.4 Å². The van der Waals surface area contributed by atoms with Crippen molar-refractivity contribution in [2.45, 2.75) is 62.8 Å². The van der Waals surface area contributed by atoms with Crippen molar-refractivity contribution in [1.29, 1.82) is 0 Å². The molecule has 4 rings (SSSR count). The molecule has 2 aliphatic carbocycles. The summed E-state index contributed by atoms with van der Waals surface area (Å²) in [6.07, 6.45) is 7.62. The summed E-state index contributed by atoms with van der Waals surface area (Å²) in [7, 11) is 0.